The Morgan fingerprint density at radius 2 is 2.00 bits per heavy atom. The minimum absolute atomic E-state index is 0.00715. The molecule has 2 atom stereocenters. The molecule has 2 bridgehead atoms. The van der Waals surface area contributed by atoms with Crippen molar-refractivity contribution < 1.29 is 19.3 Å². The molecule has 0 radical (unpaired) electrons. The van der Waals surface area contributed by atoms with Crippen molar-refractivity contribution in [3.8, 4) is 11.8 Å². The highest BCUT2D eigenvalue weighted by Crippen LogP contribution is 2.40. The summed E-state index contributed by atoms with van der Waals surface area (Å²) in [6.07, 6.45) is 4.76. The Labute approximate surface area is 192 Å². The van der Waals surface area contributed by atoms with Crippen LogP contribution in [-0.2, 0) is 9.47 Å². The van der Waals surface area contributed by atoms with Gasteiger partial charge in [-0.25, -0.2) is 4.68 Å². The lowest BCUT2D eigenvalue weighted by Crippen LogP contribution is -2.45. The van der Waals surface area contributed by atoms with Crippen molar-refractivity contribution in [2.45, 2.75) is 43.7 Å². The summed E-state index contributed by atoms with van der Waals surface area (Å²) in [4.78, 5) is 11.4. The van der Waals surface area contributed by atoms with Gasteiger partial charge in [0.05, 0.1) is 44.6 Å². The average Bonchev–Trinajstić information content (AvgIpc) is 3.57. The van der Waals surface area contributed by atoms with Crippen LogP contribution in [0.15, 0.2) is 24.4 Å². The second-order valence-corrected chi connectivity index (χ2v) is 9.42. The molecule has 6 rings (SSSR count). The van der Waals surface area contributed by atoms with E-state index < -0.39 is 5.60 Å². The van der Waals surface area contributed by atoms with Gasteiger partial charge < -0.3 is 24.2 Å². The molecule has 33 heavy (non-hydrogen) atoms. The number of aliphatic hydroxyl groups is 1. The van der Waals surface area contributed by atoms with Gasteiger partial charge in [0.1, 0.15) is 11.4 Å². The van der Waals surface area contributed by atoms with Gasteiger partial charge >= 0.3 is 6.01 Å². The van der Waals surface area contributed by atoms with Crippen molar-refractivity contribution in [3.05, 3.63) is 35.5 Å². The predicted molar refractivity (Wildman–Crippen MR) is 122 cm³/mol. The molecule has 0 aliphatic carbocycles. The number of benzene rings is 1. The maximum Gasteiger partial charge on any atom is 0.320 e. The predicted octanol–water partition coefficient (Wildman–Crippen LogP) is 2.37. The monoisotopic (exact) mass is 451 g/mol. The summed E-state index contributed by atoms with van der Waals surface area (Å²) in [5, 5.41) is 15.6. The number of ether oxygens (including phenoxy) is 3. The fourth-order valence-electron chi connectivity index (χ4n) is 5.58. The molecular weight excluding hydrogens is 422 g/mol. The molecule has 3 aromatic rings. The fraction of sp³-hybridized carbons (Fsp3) is 0.542. The third-order valence-electron chi connectivity index (χ3n) is 7.37. The van der Waals surface area contributed by atoms with Crippen molar-refractivity contribution in [1.82, 2.24) is 19.7 Å². The van der Waals surface area contributed by atoms with Crippen molar-refractivity contribution >= 4 is 16.7 Å². The molecule has 1 aromatic carbocycles. The van der Waals surface area contributed by atoms with Gasteiger partial charge in [0, 0.05) is 31.1 Å². The van der Waals surface area contributed by atoms with E-state index in [1.807, 2.05) is 16.9 Å². The van der Waals surface area contributed by atoms with Crippen LogP contribution < -0.4 is 9.64 Å². The summed E-state index contributed by atoms with van der Waals surface area (Å²) >= 11 is 0. The van der Waals surface area contributed by atoms with E-state index in [0.29, 0.717) is 30.9 Å². The van der Waals surface area contributed by atoms with Gasteiger partial charge in [0.25, 0.3) is 0 Å². The standard InChI is InChI=1S/C24H29N5O4/c1-15-7-17-11-25-29(20(17)8-19(15)16-3-5-32-6-4-16)22-9-21(26-23(27-22)31-2)28-13-24(14-30)10-18(28)12-33-24/h7-9,11,16,18,30H,3-6,10,12-14H2,1-2H3/t18-,24-/m1/s1. The highest BCUT2D eigenvalue weighted by molar-refractivity contribution is 5.82. The maximum absolute atomic E-state index is 9.86. The molecule has 5 heterocycles. The second kappa shape index (κ2) is 7.93. The fourth-order valence-corrected chi connectivity index (χ4v) is 5.58. The summed E-state index contributed by atoms with van der Waals surface area (Å²) in [7, 11) is 1.57. The highest BCUT2D eigenvalue weighted by Gasteiger charge is 2.51. The van der Waals surface area contributed by atoms with Gasteiger partial charge in [-0.05, 0) is 48.9 Å². The number of hydrogen-bond acceptors (Lipinski definition) is 8. The summed E-state index contributed by atoms with van der Waals surface area (Å²) in [6, 6.07) is 6.90. The Morgan fingerprint density at radius 3 is 2.76 bits per heavy atom. The first-order valence-corrected chi connectivity index (χ1v) is 11.6. The summed E-state index contributed by atoms with van der Waals surface area (Å²) in [5.41, 5.74) is 3.16. The van der Waals surface area contributed by atoms with Gasteiger partial charge in [-0.15, -0.1) is 0 Å². The van der Waals surface area contributed by atoms with E-state index in [0.717, 1.165) is 49.2 Å². The van der Waals surface area contributed by atoms with Crippen LogP contribution in [-0.4, -0.2) is 76.6 Å². The summed E-state index contributed by atoms with van der Waals surface area (Å²) < 4.78 is 18.7. The number of anilines is 1. The van der Waals surface area contributed by atoms with Crippen LogP contribution in [0.25, 0.3) is 16.7 Å². The molecule has 9 nitrogen and oxygen atoms in total. The van der Waals surface area contributed by atoms with E-state index in [2.05, 4.69) is 39.0 Å². The zero-order valence-corrected chi connectivity index (χ0v) is 19.0. The van der Waals surface area contributed by atoms with Crippen LogP contribution in [0.3, 0.4) is 0 Å². The molecule has 1 N–H and O–H groups in total. The van der Waals surface area contributed by atoms with Gasteiger partial charge in [0.15, 0.2) is 5.82 Å². The van der Waals surface area contributed by atoms with E-state index >= 15 is 0 Å². The number of aryl methyl sites for hydroxylation is 1. The Kier molecular flexibility index (Phi) is 5.01. The quantitative estimate of drug-likeness (QED) is 0.632. The lowest BCUT2D eigenvalue weighted by atomic mass is 9.88. The van der Waals surface area contributed by atoms with Crippen LogP contribution in [0.5, 0.6) is 6.01 Å². The molecule has 0 saturated carbocycles. The lowest BCUT2D eigenvalue weighted by molar-refractivity contribution is -0.0375. The highest BCUT2D eigenvalue weighted by atomic mass is 16.5. The van der Waals surface area contributed by atoms with Gasteiger partial charge in [-0.1, -0.05) is 0 Å². The van der Waals surface area contributed by atoms with E-state index in [1.165, 1.54) is 11.1 Å². The van der Waals surface area contributed by atoms with Crippen LogP contribution in [0.4, 0.5) is 5.82 Å². The van der Waals surface area contributed by atoms with Gasteiger partial charge in [-0.2, -0.15) is 15.1 Å². The van der Waals surface area contributed by atoms with Crippen molar-refractivity contribution in [2.75, 3.05) is 45.0 Å². The summed E-state index contributed by atoms with van der Waals surface area (Å²) in [5.74, 6) is 1.92. The molecule has 0 spiro atoms. The Balaban J connectivity index is 1.42. The third-order valence-corrected chi connectivity index (χ3v) is 7.37. The number of fused-ring (bicyclic) bond motifs is 3. The topological polar surface area (TPSA) is 94.8 Å². The van der Waals surface area contributed by atoms with Crippen LogP contribution in [0.2, 0.25) is 0 Å². The third kappa shape index (κ3) is 3.46. The molecule has 3 fully saturated rings. The van der Waals surface area contributed by atoms with E-state index in [1.54, 1.807) is 7.11 Å². The molecule has 3 saturated heterocycles. The van der Waals surface area contributed by atoms with Gasteiger partial charge in [0.2, 0.25) is 0 Å². The molecule has 0 amide bonds. The number of methoxy groups -OCH3 is 1. The first kappa shape index (κ1) is 20.8. The molecule has 9 heteroatoms. The zero-order valence-electron chi connectivity index (χ0n) is 19.0. The van der Waals surface area contributed by atoms with E-state index in [-0.39, 0.29) is 12.6 Å². The van der Waals surface area contributed by atoms with Gasteiger partial charge in [-0.3, -0.25) is 0 Å². The van der Waals surface area contributed by atoms with Crippen molar-refractivity contribution in [2.24, 2.45) is 0 Å². The number of rotatable bonds is 5. The SMILES string of the molecule is COc1nc(N2C[C@@]3(CO)C[C@@H]2CO3)cc(-n2ncc3cc(C)c(C4CCOCC4)cc32)n1. The molecule has 2 aromatic heterocycles. The second-order valence-electron chi connectivity index (χ2n) is 9.42. The number of aromatic nitrogens is 4. The van der Waals surface area contributed by atoms with Crippen LogP contribution in [0.1, 0.15) is 36.3 Å². The number of aliphatic hydroxyl groups excluding tert-OH is 1. The van der Waals surface area contributed by atoms with Crippen molar-refractivity contribution in [1.29, 1.82) is 0 Å². The van der Waals surface area contributed by atoms with Crippen LogP contribution >= 0.6 is 0 Å². The number of nitrogens with zero attached hydrogens (tertiary/aromatic N) is 5. The van der Waals surface area contributed by atoms with Crippen molar-refractivity contribution in [3.63, 3.8) is 0 Å². The number of hydrogen-bond donors (Lipinski definition) is 1. The minimum atomic E-state index is -0.502. The Morgan fingerprint density at radius 1 is 1.18 bits per heavy atom. The molecular formula is C24H29N5O4. The Hall–Kier alpha value is -2.75. The summed E-state index contributed by atoms with van der Waals surface area (Å²) in [6.45, 7) is 4.98. The number of morpholine rings is 1. The average molecular weight is 452 g/mol. The van der Waals surface area contributed by atoms with E-state index in [9.17, 15) is 5.11 Å². The van der Waals surface area contributed by atoms with E-state index in [4.69, 9.17) is 14.2 Å². The first-order valence-electron chi connectivity index (χ1n) is 11.6. The largest absolute Gasteiger partial charge is 0.467 e. The minimum Gasteiger partial charge on any atom is -0.467 e. The lowest BCUT2D eigenvalue weighted by Gasteiger charge is -2.32. The van der Waals surface area contributed by atoms with Crippen LogP contribution in [0, 0.1) is 6.92 Å². The zero-order chi connectivity index (χ0) is 22.6. The molecule has 3 aliphatic rings. The smallest absolute Gasteiger partial charge is 0.320 e. The molecule has 3 aliphatic heterocycles. The maximum atomic E-state index is 9.86. The molecule has 0 unspecified atom stereocenters. The first-order chi connectivity index (χ1) is 16.1. The molecule has 174 valence electrons. The Bertz CT molecular complexity index is 1190. The normalized spacial score (nSPS) is 25.3.